The van der Waals surface area contributed by atoms with Gasteiger partial charge in [-0.2, -0.15) is 0 Å². The molecule has 0 radical (unpaired) electrons. The number of ether oxygens (including phenoxy) is 1. The van der Waals surface area contributed by atoms with Gasteiger partial charge in [0.2, 0.25) is 5.91 Å². The minimum atomic E-state index is -1.34. The molecule has 0 heterocycles. The van der Waals surface area contributed by atoms with E-state index in [0.29, 0.717) is 0 Å². The van der Waals surface area contributed by atoms with Crippen molar-refractivity contribution in [3.8, 4) is 0 Å². The molecule has 0 aromatic carbocycles. The van der Waals surface area contributed by atoms with Gasteiger partial charge in [0.15, 0.2) is 6.04 Å². The Morgan fingerprint density at radius 3 is 2.28 bits per heavy atom. The molecule has 0 aliphatic carbocycles. The highest BCUT2D eigenvalue weighted by Gasteiger charge is 2.22. The van der Waals surface area contributed by atoms with Crippen molar-refractivity contribution in [2.45, 2.75) is 13.0 Å². The molecule has 4 N–H and O–H groups in total. The first-order valence-corrected chi connectivity index (χ1v) is 5.55. The molecule has 0 saturated carbocycles. The van der Waals surface area contributed by atoms with Crippen molar-refractivity contribution in [3.63, 3.8) is 0 Å². The summed E-state index contributed by atoms with van der Waals surface area (Å²) in [6, 6.07) is -1.60. The van der Waals surface area contributed by atoms with E-state index >= 15 is 0 Å². The van der Waals surface area contributed by atoms with Gasteiger partial charge in [0, 0.05) is 27.2 Å². The van der Waals surface area contributed by atoms with E-state index in [-0.39, 0.29) is 25.7 Å². The van der Waals surface area contributed by atoms with Gasteiger partial charge in [-0.15, -0.1) is 0 Å². The highest BCUT2D eigenvalue weighted by atomic mass is 16.5. The number of amides is 3. The van der Waals surface area contributed by atoms with Crippen LogP contribution in [-0.2, 0) is 14.3 Å². The third-order valence-corrected chi connectivity index (χ3v) is 1.93. The molecular formula is C10H20N4O4. The zero-order chi connectivity index (χ0) is 14.1. The Kier molecular flexibility index (Phi) is 7.45. The van der Waals surface area contributed by atoms with Gasteiger partial charge in [-0.05, 0) is 6.92 Å². The van der Waals surface area contributed by atoms with Crippen LogP contribution in [-0.4, -0.2) is 62.6 Å². The van der Waals surface area contributed by atoms with E-state index in [1.807, 2.05) is 0 Å². The molecule has 0 aromatic rings. The number of nitrogens with two attached hydrogens (primary N) is 1. The van der Waals surface area contributed by atoms with Gasteiger partial charge < -0.3 is 26.0 Å². The second-order valence-electron chi connectivity index (χ2n) is 3.65. The summed E-state index contributed by atoms with van der Waals surface area (Å²) < 4.78 is 4.60. The van der Waals surface area contributed by atoms with E-state index < -0.39 is 17.9 Å². The summed E-state index contributed by atoms with van der Waals surface area (Å²) in [5.41, 5.74) is 5.35. The van der Waals surface area contributed by atoms with Gasteiger partial charge in [0.1, 0.15) is 0 Å². The number of esters is 1. The maximum Gasteiger partial charge on any atom is 0.332 e. The Bertz CT molecular complexity index is 306. The first-order chi connectivity index (χ1) is 8.40. The van der Waals surface area contributed by atoms with Crippen LogP contribution in [0, 0.1) is 0 Å². The average Bonchev–Trinajstić information content (AvgIpc) is 2.33. The number of hydrogen-bond acceptors (Lipinski definition) is 5. The SMILES string of the molecule is CCOC(=O)C(N)C(=O)NCCNC(=O)N(C)C. The second kappa shape index (κ2) is 8.29. The van der Waals surface area contributed by atoms with Crippen molar-refractivity contribution in [3.05, 3.63) is 0 Å². The van der Waals surface area contributed by atoms with Gasteiger partial charge in [0.05, 0.1) is 6.61 Å². The van der Waals surface area contributed by atoms with Crippen LogP contribution in [0.25, 0.3) is 0 Å². The quantitative estimate of drug-likeness (QED) is 0.298. The molecule has 0 saturated heterocycles. The Morgan fingerprint density at radius 1 is 1.22 bits per heavy atom. The molecule has 18 heavy (non-hydrogen) atoms. The molecule has 3 amide bonds. The van der Waals surface area contributed by atoms with Crippen LogP contribution in [0.4, 0.5) is 4.79 Å². The largest absolute Gasteiger partial charge is 0.464 e. The van der Waals surface area contributed by atoms with Crippen LogP contribution in [0.1, 0.15) is 6.92 Å². The van der Waals surface area contributed by atoms with Gasteiger partial charge in [-0.1, -0.05) is 0 Å². The first kappa shape index (κ1) is 16.2. The molecule has 0 fully saturated rings. The molecule has 8 nitrogen and oxygen atoms in total. The summed E-state index contributed by atoms with van der Waals surface area (Å²) in [7, 11) is 3.20. The number of hydrogen-bond donors (Lipinski definition) is 3. The third-order valence-electron chi connectivity index (χ3n) is 1.93. The van der Waals surface area contributed by atoms with Gasteiger partial charge in [-0.3, -0.25) is 4.79 Å². The van der Waals surface area contributed by atoms with Crippen molar-refractivity contribution in [1.82, 2.24) is 15.5 Å². The predicted octanol–water partition coefficient (Wildman–Crippen LogP) is -1.74. The number of urea groups is 1. The lowest BCUT2D eigenvalue weighted by Gasteiger charge is -2.13. The lowest BCUT2D eigenvalue weighted by molar-refractivity contribution is -0.147. The van der Waals surface area contributed by atoms with E-state index in [1.165, 1.54) is 4.90 Å². The molecule has 104 valence electrons. The maximum atomic E-state index is 11.4. The van der Waals surface area contributed by atoms with Gasteiger partial charge >= 0.3 is 12.0 Å². The monoisotopic (exact) mass is 260 g/mol. The molecule has 0 aliphatic heterocycles. The molecule has 1 unspecified atom stereocenters. The van der Waals surface area contributed by atoms with E-state index in [4.69, 9.17) is 5.73 Å². The molecule has 8 heteroatoms. The lowest BCUT2D eigenvalue weighted by atomic mass is 10.3. The predicted molar refractivity (Wildman–Crippen MR) is 64.7 cm³/mol. The minimum Gasteiger partial charge on any atom is -0.464 e. The third kappa shape index (κ3) is 6.04. The normalized spacial score (nSPS) is 11.3. The lowest BCUT2D eigenvalue weighted by Crippen LogP contribution is -2.49. The first-order valence-electron chi connectivity index (χ1n) is 5.55. The van der Waals surface area contributed by atoms with Crippen molar-refractivity contribution >= 4 is 17.9 Å². The second-order valence-corrected chi connectivity index (χ2v) is 3.65. The topological polar surface area (TPSA) is 114 Å². The van der Waals surface area contributed by atoms with Crippen molar-refractivity contribution < 1.29 is 19.1 Å². The van der Waals surface area contributed by atoms with E-state index in [1.54, 1.807) is 21.0 Å². The summed E-state index contributed by atoms with van der Waals surface area (Å²) in [6.07, 6.45) is 0. The van der Waals surface area contributed by atoms with Gasteiger partial charge in [0.25, 0.3) is 0 Å². The molecule has 0 aliphatic rings. The van der Waals surface area contributed by atoms with Crippen molar-refractivity contribution in [1.29, 1.82) is 0 Å². The molecule has 1 atom stereocenters. The number of rotatable bonds is 6. The number of nitrogens with one attached hydrogen (secondary N) is 2. The van der Waals surface area contributed by atoms with Crippen LogP contribution < -0.4 is 16.4 Å². The summed E-state index contributed by atoms with van der Waals surface area (Å²) in [5.74, 6) is -1.40. The number of carbonyl (C=O) groups excluding carboxylic acids is 3. The van der Waals surface area contributed by atoms with Crippen LogP contribution in [0.3, 0.4) is 0 Å². The number of carbonyl (C=O) groups is 3. The van der Waals surface area contributed by atoms with E-state index in [0.717, 1.165) is 0 Å². The summed E-state index contributed by atoms with van der Waals surface area (Å²) in [4.78, 5) is 35.0. The summed E-state index contributed by atoms with van der Waals surface area (Å²) >= 11 is 0. The summed E-state index contributed by atoms with van der Waals surface area (Å²) in [5, 5.41) is 4.96. The van der Waals surface area contributed by atoms with Crippen LogP contribution in [0.2, 0.25) is 0 Å². The number of nitrogens with zero attached hydrogens (tertiary/aromatic N) is 1. The fourth-order valence-electron chi connectivity index (χ4n) is 0.962. The minimum absolute atomic E-state index is 0.165. The Balaban J connectivity index is 3.83. The zero-order valence-electron chi connectivity index (χ0n) is 10.9. The van der Waals surface area contributed by atoms with Gasteiger partial charge in [-0.25, -0.2) is 9.59 Å². The molecule has 0 bridgehead atoms. The maximum absolute atomic E-state index is 11.4. The van der Waals surface area contributed by atoms with Crippen LogP contribution >= 0.6 is 0 Å². The molecule has 0 rings (SSSR count). The fourth-order valence-corrected chi connectivity index (χ4v) is 0.962. The van der Waals surface area contributed by atoms with Crippen molar-refractivity contribution in [2.24, 2.45) is 5.73 Å². The molecule has 0 aromatic heterocycles. The Hall–Kier alpha value is -1.83. The summed E-state index contributed by atoms with van der Waals surface area (Å²) in [6.45, 7) is 2.22. The molecular weight excluding hydrogens is 240 g/mol. The smallest absolute Gasteiger partial charge is 0.332 e. The highest BCUT2D eigenvalue weighted by molar-refractivity contribution is 6.01. The van der Waals surface area contributed by atoms with Crippen molar-refractivity contribution in [2.75, 3.05) is 33.8 Å². The highest BCUT2D eigenvalue weighted by Crippen LogP contribution is 1.85. The van der Waals surface area contributed by atoms with Crippen LogP contribution in [0.5, 0.6) is 0 Å². The van der Waals surface area contributed by atoms with E-state index in [2.05, 4.69) is 15.4 Å². The van der Waals surface area contributed by atoms with E-state index in [9.17, 15) is 14.4 Å². The fraction of sp³-hybridized carbons (Fsp3) is 0.700. The average molecular weight is 260 g/mol. The standard InChI is InChI=1S/C10H20N4O4/c1-4-18-9(16)7(11)8(15)12-5-6-13-10(17)14(2)3/h7H,4-6,11H2,1-3H3,(H,12,15)(H,13,17). The molecule has 0 spiro atoms. The van der Waals surface area contributed by atoms with Crippen LogP contribution in [0.15, 0.2) is 0 Å². The Morgan fingerprint density at radius 2 is 1.78 bits per heavy atom. The zero-order valence-corrected chi connectivity index (χ0v) is 10.9. The Labute approximate surface area is 106 Å².